The van der Waals surface area contributed by atoms with E-state index in [0.717, 1.165) is 12.1 Å². The summed E-state index contributed by atoms with van der Waals surface area (Å²) in [7, 11) is 1.25. The molecule has 3 heterocycles. The zero-order valence-corrected chi connectivity index (χ0v) is 21.0. The van der Waals surface area contributed by atoms with Crippen molar-refractivity contribution in [1.29, 1.82) is 0 Å². The molecule has 206 valence electrons. The number of anilines is 2. The number of rotatable bonds is 7. The number of alkyl halides is 2. The molecule has 0 bridgehead atoms. The Morgan fingerprint density at radius 3 is 2.67 bits per heavy atom. The minimum absolute atomic E-state index is 0.0168. The Hall–Kier alpha value is -3.97. The molecule has 0 spiro atoms. The molecule has 5 N–H and O–H groups in total. The summed E-state index contributed by atoms with van der Waals surface area (Å²) in [6.45, 7) is 0.643. The molecule has 0 saturated carbocycles. The van der Waals surface area contributed by atoms with Crippen LogP contribution in [0.5, 0.6) is 5.75 Å². The van der Waals surface area contributed by atoms with E-state index in [1.807, 2.05) is 4.90 Å². The number of hydrogen-bond acceptors (Lipinski definition) is 8. The van der Waals surface area contributed by atoms with Gasteiger partial charge in [0.2, 0.25) is 0 Å². The molecule has 0 unspecified atom stereocenters. The van der Waals surface area contributed by atoms with Crippen molar-refractivity contribution in [2.24, 2.45) is 5.73 Å². The fraction of sp³-hybridized carbons (Fsp3) is 0.346. The van der Waals surface area contributed by atoms with Gasteiger partial charge in [0.1, 0.15) is 23.8 Å². The van der Waals surface area contributed by atoms with Gasteiger partial charge in [0, 0.05) is 30.4 Å². The number of aromatic nitrogens is 4. The van der Waals surface area contributed by atoms with Crippen LogP contribution >= 0.6 is 0 Å². The van der Waals surface area contributed by atoms with E-state index < -0.39 is 29.7 Å². The van der Waals surface area contributed by atoms with Gasteiger partial charge in [0.25, 0.3) is 6.43 Å². The summed E-state index contributed by atoms with van der Waals surface area (Å²) in [4.78, 5) is 14.3. The van der Waals surface area contributed by atoms with Crippen LogP contribution in [0.4, 0.5) is 29.1 Å². The van der Waals surface area contributed by atoms with Crippen LogP contribution in [0.1, 0.15) is 18.4 Å². The molecule has 2 aromatic heterocycles. The van der Waals surface area contributed by atoms with Crippen LogP contribution in [0.15, 0.2) is 43.0 Å². The Bertz CT molecular complexity index is 1520. The molecule has 1 aliphatic rings. The number of aliphatic hydroxyl groups excluding tert-OH is 1. The molecule has 1 aliphatic heterocycles. The van der Waals surface area contributed by atoms with Crippen molar-refractivity contribution in [3.8, 4) is 16.9 Å². The number of methoxy groups -OCH3 is 1. The second-order valence-corrected chi connectivity index (χ2v) is 9.65. The van der Waals surface area contributed by atoms with E-state index in [4.69, 9.17) is 16.2 Å². The van der Waals surface area contributed by atoms with Crippen LogP contribution in [-0.4, -0.2) is 62.9 Å². The van der Waals surface area contributed by atoms with Crippen molar-refractivity contribution in [2.45, 2.75) is 37.5 Å². The number of nitrogens with two attached hydrogens (primary N) is 2. The highest BCUT2D eigenvalue weighted by molar-refractivity contribution is 5.81. The summed E-state index contributed by atoms with van der Waals surface area (Å²) >= 11 is 0. The molecule has 4 aromatic rings. The highest BCUT2D eigenvalue weighted by atomic mass is 19.3. The third kappa shape index (κ3) is 4.94. The van der Waals surface area contributed by atoms with Crippen molar-refractivity contribution in [3.05, 3.63) is 60.2 Å². The third-order valence-electron chi connectivity index (χ3n) is 7.13. The van der Waals surface area contributed by atoms with Crippen LogP contribution in [0.3, 0.4) is 0 Å². The van der Waals surface area contributed by atoms with E-state index in [2.05, 4.69) is 15.0 Å². The number of nitrogens with zero attached hydrogens (tertiary/aromatic N) is 5. The largest absolute Gasteiger partial charge is 0.494 e. The molecule has 0 amide bonds. The van der Waals surface area contributed by atoms with E-state index in [0.29, 0.717) is 40.9 Å². The Morgan fingerprint density at radius 1 is 1.13 bits per heavy atom. The SMILES string of the molecule is COc1cc(F)c(-c2ccc(N3CCC[C@](N)([C@H](O)C(F)F)C3)c(Cn3cnc4c(N)ncnc43)c2)cc1F. The van der Waals surface area contributed by atoms with Gasteiger partial charge >= 0.3 is 0 Å². The number of benzene rings is 2. The Morgan fingerprint density at radius 2 is 1.92 bits per heavy atom. The summed E-state index contributed by atoms with van der Waals surface area (Å²) < 4.78 is 62.9. The van der Waals surface area contributed by atoms with E-state index in [1.54, 1.807) is 22.8 Å². The third-order valence-corrected chi connectivity index (χ3v) is 7.13. The Balaban J connectivity index is 1.60. The van der Waals surface area contributed by atoms with E-state index in [-0.39, 0.29) is 36.6 Å². The van der Waals surface area contributed by atoms with Gasteiger partial charge in [-0.15, -0.1) is 0 Å². The first-order chi connectivity index (χ1) is 18.6. The lowest BCUT2D eigenvalue weighted by molar-refractivity contribution is -0.0529. The average molecular weight is 546 g/mol. The minimum atomic E-state index is -2.99. The summed E-state index contributed by atoms with van der Waals surface area (Å²) in [5, 5.41) is 10.2. The van der Waals surface area contributed by atoms with Crippen molar-refractivity contribution < 1.29 is 27.4 Å². The average Bonchev–Trinajstić information content (AvgIpc) is 3.33. The maximum absolute atomic E-state index is 15.0. The number of ether oxygens (including phenoxy) is 1. The molecule has 9 nitrogen and oxygen atoms in total. The molecule has 2 aromatic carbocycles. The molecule has 0 aliphatic carbocycles. The van der Waals surface area contributed by atoms with E-state index in [9.17, 15) is 22.7 Å². The first kappa shape index (κ1) is 26.6. The van der Waals surface area contributed by atoms with Gasteiger partial charge < -0.3 is 30.8 Å². The normalized spacial score (nSPS) is 18.6. The maximum Gasteiger partial charge on any atom is 0.265 e. The second kappa shape index (κ2) is 10.3. The number of halogens is 4. The zero-order valence-electron chi connectivity index (χ0n) is 21.0. The number of nitrogen functional groups attached to an aromatic ring is 1. The summed E-state index contributed by atoms with van der Waals surface area (Å²) in [6, 6.07) is 7.03. The van der Waals surface area contributed by atoms with Crippen molar-refractivity contribution in [1.82, 2.24) is 19.5 Å². The first-order valence-corrected chi connectivity index (χ1v) is 12.2. The zero-order chi connectivity index (χ0) is 27.9. The minimum Gasteiger partial charge on any atom is -0.494 e. The van der Waals surface area contributed by atoms with Gasteiger partial charge in [0.05, 0.1) is 25.5 Å². The maximum atomic E-state index is 15.0. The molecule has 1 fully saturated rings. The van der Waals surface area contributed by atoms with Crippen molar-refractivity contribution >= 4 is 22.7 Å². The quantitative estimate of drug-likeness (QED) is 0.302. The fourth-order valence-electron chi connectivity index (χ4n) is 5.10. The summed E-state index contributed by atoms with van der Waals surface area (Å²) in [5.41, 5.74) is 13.2. The predicted molar refractivity (Wildman–Crippen MR) is 138 cm³/mol. The van der Waals surface area contributed by atoms with Gasteiger partial charge in [-0.3, -0.25) is 0 Å². The summed E-state index contributed by atoms with van der Waals surface area (Å²) in [5.74, 6) is -1.43. The summed E-state index contributed by atoms with van der Waals surface area (Å²) in [6.07, 6.45) is -1.46. The van der Waals surface area contributed by atoms with E-state index >= 15 is 0 Å². The molecular formula is C26H27F4N7O2. The monoisotopic (exact) mass is 545 g/mol. The van der Waals surface area contributed by atoms with Gasteiger partial charge in [-0.1, -0.05) is 6.07 Å². The fourth-order valence-corrected chi connectivity index (χ4v) is 5.10. The van der Waals surface area contributed by atoms with Gasteiger partial charge in [-0.2, -0.15) is 0 Å². The van der Waals surface area contributed by atoms with Gasteiger partial charge in [-0.25, -0.2) is 32.5 Å². The standard InChI is InChI=1S/C26H27F4N7O2/c1-39-20-9-17(27)16(8-18(20)28)14-3-4-19(36-6-2-5-26(32,11-36)22(38)23(29)30)15(7-14)10-37-13-35-21-24(31)33-12-34-25(21)37/h3-4,7-9,12-13,22-23,38H,2,5-6,10-11,32H2,1H3,(H2,31,33,34)/t22-,26-/m1/s1. The van der Waals surface area contributed by atoms with Crippen molar-refractivity contribution in [2.75, 3.05) is 30.8 Å². The van der Waals surface area contributed by atoms with Crippen LogP contribution in [0.25, 0.3) is 22.3 Å². The topological polar surface area (TPSA) is 128 Å². The number of piperidine rings is 1. The Kier molecular flexibility index (Phi) is 7.03. The van der Waals surface area contributed by atoms with E-state index in [1.165, 1.54) is 19.8 Å². The van der Waals surface area contributed by atoms with Crippen LogP contribution in [-0.2, 0) is 6.54 Å². The Labute approximate surface area is 221 Å². The van der Waals surface area contributed by atoms with Crippen LogP contribution in [0.2, 0.25) is 0 Å². The lowest BCUT2D eigenvalue weighted by atomic mass is 9.84. The second-order valence-electron chi connectivity index (χ2n) is 9.65. The van der Waals surface area contributed by atoms with Gasteiger partial charge in [-0.05, 0) is 42.2 Å². The van der Waals surface area contributed by atoms with Crippen LogP contribution < -0.4 is 21.1 Å². The van der Waals surface area contributed by atoms with Crippen molar-refractivity contribution in [3.63, 3.8) is 0 Å². The number of fused-ring (bicyclic) bond motifs is 1. The van der Waals surface area contributed by atoms with Crippen LogP contribution in [0, 0.1) is 11.6 Å². The first-order valence-electron chi connectivity index (χ1n) is 12.2. The number of aliphatic hydroxyl groups is 1. The highest BCUT2D eigenvalue weighted by Gasteiger charge is 2.43. The molecular weight excluding hydrogens is 518 g/mol. The number of imidazole rings is 1. The molecule has 0 radical (unpaired) electrons. The highest BCUT2D eigenvalue weighted by Crippen LogP contribution is 2.36. The molecule has 13 heteroatoms. The molecule has 1 saturated heterocycles. The lowest BCUT2D eigenvalue weighted by Crippen LogP contribution is -2.63. The molecule has 5 rings (SSSR count). The smallest absolute Gasteiger partial charge is 0.265 e. The number of hydrogen-bond donors (Lipinski definition) is 3. The molecule has 2 atom stereocenters. The predicted octanol–water partition coefficient (Wildman–Crippen LogP) is 3.33. The lowest BCUT2D eigenvalue weighted by Gasteiger charge is -2.44. The molecule has 39 heavy (non-hydrogen) atoms. The van der Waals surface area contributed by atoms with Gasteiger partial charge in [0.15, 0.2) is 23.0 Å².